The van der Waals surface area contributed by atoms with E-state index >= 15 is 0 Å². The molecule has 56 heavy (non-hydrogen) atoms. The summed E-state index contributed by atoms with van der Waals surface area (Å²) in [4.78, 5) is 62.5. The molecule has 3 N–H and O–H groups in total. The van der Waals surface area contributed by atoms with E-state index in [0.717, 1.165) is 0 Å². The molecule has 3 heterocycles. The number of sulfonamides is 1. The fraction of sp³-hybridized carbons (Fsp3) is 0.625. The lowest BCUT2D eigenvalue weighted by Crippen LogP contribution is -2.59. The number of aromatic nitrogens is 1. The maximum atomic E-state index is 14.9. The van der Waals surface area contributed by atoms with Crippen LogP contribution < -0.4 is 24.8 Å². The molecule has 2 saturated carbocycles. The molecule has 1 aromatic carbocycles. The normalized spacial score (nSPS) is 30.8. The molecule has 306 valence electrons. The molecule has 2 aliphatic heterocycles. The second-order valence-corrected chi connectivity index (χ2v) is 18.6. The third-order valence-corrected chi connectivity index (χ3v) is 13.1. The van der Waals surface area contributed by atoms with Crippen LogP contribution in [0.15, 0.2) is 36.5 Å². The van der Waals surface area contributed by atoms with Gasteiger partial charge in [-0.3, -0.25) is 19.1 Å². The Kier molecular flexibility index (Phi) is 10.3. The van der Waals surface area contributed by atoms with Crippen LogP contribution in [0.2, 0.25) is 0 Å². The van der Waals surface area contributed by atoms with Gasteiger partial charge in [-0.15, -0.1) is 0 Å². The van der Waals surface area contributed by atoms with E-state index in [1.54, 1.807) is 32.9 Å². The molecule has 0 radical (unpaired) electrons. The Morgan fingerprint density at radius 1 is 1.20 bits per heavy atom. The predicted octanol–water partition coefficient (Wildman–Crippen LogP) is 4.90. The summed E-state index contributed by atoms with van der Waals surface area (Å²) in [6.07, 6.45) is 5.22. The minimum absolute atomic E-state index is 0.0108. The number of ether oxygens (including phenoxy) is 3. The van der Waals surface area contributed by atoms with Gasteiger partial charge in [-0.2, -0.15) is 0 Å². The fourth-order valence-electron chi connectivity index (χ4n) is 7.72. The summed E-state index contributed by atoms with van der Waals surface area (Å²) in [5.41, 5.74) is -2.66. The molecule has 4 aliphatic rings. The lowest BCUT2D eigenvalue weighted by Gasteiger charge is -2.34. The molecule has 3 fully saturated rings. The zero-order valence-corrected chi connectivity index (χ0v) is 33.5. The van der Waals surface area contributed by atoms with Crippen LogP contribution in [-0.2, 0) is 29.1 Å². The molecule has 1 saturated heterocycles. The molecule has 7 atom stereocenters. The minimum Gasteiger partial charge on any atom is -0.494 e. The standard InChI is InChI=1S/C40H54FN5O9S/c1-8-24-17-23(2)11-9-10-12-26-21-40(26,36(49)45-56(51,52)39(6)14-15-39)44-33(47)30-19-27(22-46(30)35(48)32(24)43-37(50)55-38(3,4)5)54-34-28-20-29(41)31(53-7)18-25(28)13-16-42-34/h10,12-13,16,18,20,23-24,26-27,30,32H,8-9,11,14-15,17,19,21-22H2,1-7H3,(H,43,50)(H,44,47)(H,45,49)/b12-10-/t23-,24+,26+,27+,30-,32-,40+/m0/s1/i6D3. The summed E-state index contributed by atoms with van der Waals surface area (Å²) in [6.45, 7) is 5.96. The first kappa shape index (κ1) is 37.1. The molecule has 4 amide bonds. The summed E-state index contributed by atoms with van der Waals surface area (Å²) in [7, 11) is -3.37. The van der Waals surface area contributed by atoms with Crippen molar-refractivity contribution in [3.8, 4) is 11.6 Å². The monoisotopic (exact) mass is 802 g/mol. The highest BCUT2D eigenvalue weighted by Gasteiger charge is 2.63. The molecular weight excluding hydrogens is 746 g/mol. The molecule has 0 spiro atoms. The van der Waals surface area contributed by atoms with E-state index in [1.807, 2.05) is 24.6 Å². The summed E-state index contributed by atoms with van der Waals surface area (Å²) < 4.78 is 82.4. The van der Waals surface area contributed by atoms with Crippen molar-refractivity contribution in [3.05, 3.63) is 42.4 Å². The van der Waals surface area contributed by atoms with Crippen molar-refractivity contribution >= 4 is 44.6 Å². The highest BCUT2D eigenvalue weighted by Crippen LogP contribution is 2.47. The highest BCUT2D eigenvalue weighted by atomic mass is 32.2. The van der Waals surface area contributed by atoms with Gasteiger partial charge < -0.3 is 29.7 Å². The number of fused-ring (bicyclic) bond motifs is 3. The molecular formula is C40H54FN5O9S. The third-order valence-electron chi connectivity index (χ3n) is 11.2. The number of rotatable bonds is 8. The van der Waals surface area contributed by atoms with Crippen molar-refractivity contribution in [1.29, 1.82) is 0 Å². The van der Waals surface area contributed by atoms with Crippen molar-refractivity contribution in [3.63, 3.8) is 0 Å². The Balaban J connectivity index is 1.37. The number of nitrogens with one attached hydrogen (secondary N) is 3. The van der Waals surface area contributed by atoms with Gasteiger partial charge in [0.05, 0.1) is 18.4 Å². The minimum atomic E-state index is -4.71. The maximum Gasteiger partial charge on any atom is 0.408 e. The average Bonchev–Trinajstić information content (AvgIpc) is 4.05. The zero-order valence-electron chi connectivity index (χ0n) is 35.6. The van der Waals surface area contributed by atoms with Gasteiger partial charge in [0.25, 0.3) is 5.91 Å². The van der Waals surface area contributed by atoms with Crippen LogP contribution >= 0.6 is 0 Å². The number of carbonyl (C=O) groups excluding carboxylic acids is 4. The number of benzene rings is 1. The first-order valence-electron chi connectivity index (χ1n) is 20.7. The predicted molar refractivity (Wildman–Crippen MR) is 206 cm³/mol. The zero-order chi connectivity index (χ0) is 43.3. The summed E-state index contributed by atoms with van der Waals surface area (Å²) in [5.74, 6) is -4.04. The van der Waals surface area contributed by atoms with Gasteiger partial charge in [-0.05, 0) is 102 Å². The topological polar surface area (TPSA) is 182 Å². The smallest absolute Gasteiger partial charge is 0.408 e. The van der Waals surface area contributed by atoms with Crippen LogP contribution in [-0.4, -0.2) is 89.8 Å². The lowest BCUT2D eigenvalue weighted by molar-refractivity contribution is -0.142. The lowest BCUT2D eigenvalue weighted by atomic mass is 9.85. The van der Waals surface area contributed by atoms with Crippen LogP contribution in [0.3, 0.4) is 0 Å². The Bertz CT molecular complexity index is 2130. The molecule has 2 aliphatic carbocycles. The Morgan fingerprint density at radius 3 is 2.61 bits per heavy atom. The van der Waals surface area contributed by atoms with E-state index in [2.05, 4.69) is 15.6 Å². The van der Waals surface area contributed by atoms with E-state index in [-0.39, 0.29) is 55.7 Å². The van der Waals surface area contributed by atoms with Crippen molar-refractivity contribution in [2.45, 2.75) is 127 Å². The van der Waals surface area contributed by atoms with Gasteiger partial charge in [0, 0.05) is 28.0 Å². The summed E-state index contributed by atoms with van der Waals surface area (Å²) >= 11 is 0. The van der Waals surface area contributed by atoms with Gasteiger partial charge in [0.15, 0.2) is 11.6 Å². The van der Waals surface area contributed by atoms with E-state index in [0.29, 0.717) is 36.5 Å². The number of alkyl carbamates (subject to hydrolysis) is 1. The van der Waals surface area contributed by atoms with E-state index in [1.165, 1.54) is 30.3 Å². The fourth-order valence-corrected chi connectivity index (χ4v) is 8.98. The van der Waals surface area contributed by atoms with Gasteiger partial charge in [-0.25, -0.2) is 22.6 Å². The average molecular weight is 803 g/mol. The van der Waals surface area contributed by atoms with Crippen molar-refractivity contribution < 1.29 is 50.3 Å². The van der Waals surface area contributed by atoms with Crippen LogP contribution in [0.4, 0.5) is 9.18 Å². The van der Waals surface area contributed by atoms with Crippen LogP contribution in [0.5, 0.6) is 11.6 Å². The first-order valence-corrected chi connectivity index (χ1v) is 20.7. The molecule has 16 heteroatoms. The number of halogens is 1. The van der Waals surface area contributed by atoms with Gasteiger partial charge in [0.1, 0.15) is 29.3 Å². The number of carbonyl (C=O) groups is 4. The van der Waals surface area contributed by atoms with Crippen molar-refractivity contribution in [1.82, 2.24) is 25.2 Å². The summed E-state index contributed by atoms with van der Waals surface area (Å²) in [6, 6.07) is 1.90. The maximum absolute atomic E-state index is 14.9. The van der Waals surface area contributed by atoms with E-state index in [4.69, 9.17) is 18.3 Å². The van der Waals surface area contributed by atoms with Crippen LogP contribution in [0.1, 0.15) is 96.9 Å². The second-order valence-electron chi connectivity index (χ2n) is 16.6. The van der Waals surface area contributed by atoms with Gasteiger partial charge in [0.2, 0.25) is 27.7 Å². The largest absolute Gasteiger partial charge is 0.494 e. The quantitative estimate of drug-likeness (QED) is 0.311. The van der Waals surface area contributed by atoms with Crippen LogP contribution in [0, 0.1) is 23.6 Å². The molecule has 0 unspecified atom stereocenters. The Labute approximate surface area is 331 Å². The number of allylic oxidation sites excluding steroid dienone is 1. The first-order chi connectivity index (χ1) is 27.5. The molecule has 14 nitrogen and oxygen atoms in total. The number of amides is 4. The van der Waals surface area contributed by atoms with E-state index in [9.17, 15) is 32.0 Å². The van der Waals surface area contributed by atoms with Gasteiger partial charge >= 0.3 is 6.09 Å². The molecule has 1 aromatic heterocycles. The number of hydrogen-bond acceptors (Lipinski definition) is 10. The SMILES string of the molecule is [2H]C([2H])([2H])C1(S(=O)(=O)NC(=O)[C@@]23C[C@H]2/C=C\CC[C@H](C)C[C@@H](CC)[C@H](NC(=O)OC(C)(C)C)C(=O)N2C[C@H](Oc4nccc5cc(OC)c(F)cc45)C[C@H]2C(=O)N3)CC1. The molecule has 2 aromatic rings. The molecule has 0 bridgehead atoms. The molecule has 6 rings (SSSR count). The number of hydrogen-bond donors (Lipinski definition) is 3. The number of methoxy groups -OCH3 is 1. The summed E-state index contributed by atoms with van der Waals surface area (Å²) in [5, 5.41) is 6.43. The highest BCUT2D eigenvalue weighted by molar-refractivity contribution is 7.91. The number of nitrogens with zero attached hydrogens (tertiary/aromatic N) is 2. The number of pyridine rings is 1. The Morgan fingerprint density at radius 2 is 1.95 bits per heavy atom. The van der Waals surface area contributed by atoms with Crippen LogP contribution in [0.25, 0.3) is 10.8 Å². The van der Waals surface area contributed by atoms with Crippen molar-refractivity contribution in [2.75, 3.05) is 13.7 Å². The van der Waals surface area contributed by atoms with E-state index < -0.39 is 86.5 Å². The third kappa shape index (κ3) is 8.59. The second kappa shape index (κ2) is 15.5. The Hall–Kier alpha value is -4.47. The van der Waals surface area contributed by atoms with Gasteiger partial charge in [-0.1, -0.05) is 32.4 Å². The van der Waals surface area contributed by atoms with Crippen molar-refractivity contribution in [2.24, 2.45) is 17.8 Å².